The third-order valence-corrected chi connectivity index (χ3v) is 12.0. The highest BCUT2D eigenvalue weighted by Crippen LogP contribution is 2.67. The molecule has 272 valence electrons. The number of aliphatic hydroxyl groups excluding tert-OH is 1. The Labute approximate surface area is 286 Å². The summed E-state index contributed by atoms with van der Waals surface area (Å²) in [6, 6.07) is -2.53. The van der Waals surface area contributed by atoms with Crippen LogP contribution in [0.15, 0.2) is 11.6 Å². The van der Waals surface area contributed by atoms with Crippen LogP contribution in [0.2, 0.25) is 0 Å². The van der Waals surface area contributed by atoms with Gasteiger partial charge in [-0.2, -0.15) is 0 Å². The molecule has 14 heteroatoms. The van der Waals surface area contributed by atoms with Crippen molar-refractivity contribution in [2.75, 3.05) is 6.61 Å². The van der Waals surface area contributed by atoms with Gasteiger partial charge in [-0.1, -0.05) is 33.3 Å². The predicted octanol–water partition coefficient (Wildman–Crippen LogP) is 1.09. The van der Waals surface area contributed by atoms with Crippen molar-refractivity contribution < 1.29 is 53.6 Å². The van der Waals surface area contributed by atoms with Gasteiger partial charge in [-0.15, -0.1) is 0 Å². The molecule has 14 nitrogen and oxygen atoms in total. The van der Waals surface area contributed by atoms with Crippen LogP contribution in [-0.2, 0) is 38.3 Å². The number of amides is 3. The summed E-state index contributed by atoms with van der Waals surface area (Å²) in [5.41, 5.74) is 3.10. The second-order valence-corrected chi connectivity index (χ2v) is 15.3. The Morgan fingerprint density at radius 3 is 2.35 bits per heavy atom. The minimum atomic E-state index is -1.82. The van der Waals surface area contributed by atoms with Gasteiger partial charge in [-0.25, -0.2) is 4.79 Å². The largest absolute Gasteiger partial charge is 0.480 e. The van der Waals surface area contributed by atoms with Crippen molar-refractivity contribution >= 4 is 41.2 Å². The number of nitrogens with two attached hydrogens (primary N) is 1. The van der Waals surface area contributed by atoms with Crippen LogP contribution in [-0.4, -0.2) is 86.9 Å². The Morgan fingerprint density at radius 1 is 1.02 bits per heavy atom. The number of carbonyl (C=O) groups is 7. The fourth-order valence-corrected chi connectivity index (χ4v) is 9.29. The highest BCUT2D eigenvalue weighted by molar-refractivity contribution is 5.93. The number of carboxylic acids is 1. The van der Waals surface area contributed by atoms with Crippen LogP contribution in [0.3, 0.4) is 0 Å². The van der Waals surface area contributed by atoms with Gasteiger partial charge in [0, 0.05) is 24.7 Å². The molecule has 3 saturated carbocycles. The van der Waals surface area contributed by atoms with E-state index in [1.54, 1.807) is 19.9 Å². The highest BCUT2D eigenvalue weighted by atomic mass is 16.5. The number of allylic oxidation sites excluding steroid dienone is 1. The number of hydrogen-bond acceptors (Lipinski definition) is 10. The Morgan fingerprint density at radius 2 is 1.71 bits per heavy atom. The Bertz CT molecular complexity index is 1410. The van der Waals surface area contributed by atoms with Gasteiger partial charge in [-0.3, -0.25) is 28.8 Å². The molecular weight excluding hydrogens is 638 g/mol. The first-order chi connectivity index (χ1) is 22.8. The molecule has 0 aromatic rings. The summed E-state index contributed by atoms with van der Waals surface area (Å²) >= 11 is 0. The van der Waals surface area contributed by atoms with Crippen molar-refractivity contribution in [3.63, 3.8) is 0 Å². The fraction of sp³-hybridized carbons (Fsp3) is 0.743. The molecule has 0 spiro atoms. The van der Waals surface area contributed by atoms with Crippen LogP contribution in [0.5, 0.6) is 0 Å². The van der Waals surface area contributed by atoms with Crippen molar-refractivity contribution in [1.82, 2.24) is 10.6 Å². The lowest BCUT2D eigenvalue weighted by Crippen LogP contribution is -2.62. The van der Waals surface area contributed by atoms with E-state index in [-0.39, 0.29) is 61.1 Å². The number of ketones is 2. The Hall–Kier alpha value is -3.65. The molecule has 9 atom stereocenters. The maximum absolute atomic E-state index is 13.5. The van der Waals surface area contributed by atoms with Gasteiger partial charge in [0.25, 0.3) is 0 Å². The van der Waals surface area contributed by atoms with Gasteiger partial charge < -0.3 is 36.4 Å². The molecule has 3 amide bonds. The van der Waals surface area contributed by atoms with Crippen molar-refractivity contribution in [3.05, 3.63) is 11.6 Å². The lowest BCUT2D eigenvalue weighted by molar-refractivity contribution is -0.184. The molecule has 4 aliphatic carbocycles. The van der Waals surface area contributed by atoms with Crippen molar-refractivity contribution in [2.24, 2.45) is 40.2 Å². The topological polar surface area (TPSA) is 239 Å². The standard InChI is InChI=1S/C35H51N3O11/c1-18(2)30(31(45)37-23(32(46)47)7-8-26(36)42)38-27(43)9-10-28(44)49-17-25(41)35(48)14-12-22-21-6-5-19-15-20(39)11-13-33(19,3)29(21)24(40)16-34(22,35)4/h15,18,21-24,29-30,40,48H,5-14,16-17H2,1-4H3,(H2,36,42)(H,37,45)(H,38,43)(H,46,47)/t21-,22+,23+,24+,29+,30-,33+,34+,35+/m1/s1. The fourth-order valence-electron chi connectivity index (χ4n) is 9.29. The molecule has 49 heavy (non-hydrogen) atoms. The maximum atomic E-state index is 13.5. The molecule has 4 rings (SSSR count). The number of carbonyl (C=O) groups excluding carboxylic acids is 6. The number of ether oxygens (including phenoxy) is 1. The van der Waals surface area contributed by atoms with E-state index in [0.717, 1.165) is 18.4 Å². The van der Waals surface area contributed by atoms with Gasteiger partial charge in [0.2, 0.25) is 23.5 Å². The number of hydrogen-bond donors (Lipinski definition) is 6. The minimum absolute atomic E-state index is 0.0368. The van der Waals surface area contributed by atoms with Gasteiger partial charge in [0.05, 0.1) is 12.5 Å². The van der Waals surface area contributed by atoms with Crippen LogP contribution in [0.1, 0.15) is 98.3 Å². The molecule has 7 N–H and O–H groups in total. The molecule has 0 radical (unpaired) electrons. The van der Waals surface area contributed by atoms with E-state index in [1.165, 1.54) is 0 Å². The van der Waals surface area contributed by atoms with E-state index < -0.39 is 83.6 Å². The number of carboxylic acid groups (broad SMARTS) is 1. The average Bonchev–Trinajstić information content (AvgIpc) is 3.29. The van der Waals surface area contributed by atoms with Crippen LogP contribution in [0.4, 0.5) is 0 Å². The Kier molecular flexibility index (Phi) is 11.4. The summed E-state index contributed by atoms with van der Waals surface area (Å²) in [6.07, 6.45) is 3.24. The quantitative estimate of drug-likeness (QED) is 0.141. The second-order valence-electron chi connectivity index (χ2n) is 15.3. The Balaban J connectivity index is 1.31. The average molecular weight is 690 g/mol. The normalized spacial score (nSPS) is 33.2. The van der Waals surface area contributed by atoms with Crippen LogP contribution in [0.25, 0.3) is 0 Å². The summed E-state index contributed by atoms with van der Waals surface area (Å²) in [6.45, 7) is 6.53. The van der Waals surface area contributed by atoms with E-state index in [2.05, 4.69) is 17.6 Å². The number of Topliss-reactive ketones (excluding diaryl/α,β-unsaturated/α-hetero) is 1. The van der Waals surface area contributed by atoms with Crippen LogP contribution in [0, 0.1) is 34.5 Å². The summed E-state index contributed by atoms with van der Waals surface area (Å²) in [5.74, 6) is -5.46. The predicted molar refractivity (Wildman–Crippen MR) is 173 cm³/mol. The van der Waals surface area contributed by atoms with Crippen molar-refractivity contribution in [1.29, 1.82) is 0 Å². The SMILES string of the molecule is CC(C)[C@@H](NC(=O)CCC(=O)OCC(=O)[C@@]1(O)CC[C@H]2[C@H]3CCC4=CC(=O)CC[C@]4(C)[C@@H]3[C@@H](O)C[C@@]21C)C(=O)N[C@@H](CCC(N)=O)C(=O)O. The third kappa shape index (κ3) is 7.59. The molecule has 0 aromatic carbocycles. The number of aliphatic carboxylic acids is 1. The van der Waals surface area contributed by atoms with E-state index in [4.69, 9.17) is 10.5 Å². The van der Waals surface area contributed by atoms with E-state index in [9.17, 15) is 48.9 Å². The molecule has 0 unspecified atom stereocenters. The van der Waals surface area contributed by atoms with Gasteiger partial charge in [0.15, 0.2) is 12.4 Å². The zero-order valence-electron chi connectivity index (χ0n) is 28.8. The lowest BCUT2D eigenvalue weighted by Gasteiger charge is -2.60. The molecule has 0 aliphatic heterocycles. The van der Waals surface area contributed by atoms with Crippen LogP contribution >= 0.6 is 0 Å². The summed E-state index contributed by atoms with van der Waals surface area (Å²) in [5, 5.41) is 37.6. The van der Waals surface area contributed by atoms with E-state index in [1.807, 2.05) is 6.92 Å². The lowest BCUT2D eigenvalue weighted by atomic mass is 9.45. The van der Waals surface area contributed by atoms with Crippen molar-refractivity contribution in [2.45, 2.75) is 122 Å². The second kappa shape index (κ2) is 14.7. The number of primary amides is 1. The molecule has 3 fully saturated rings. The summed E-state index contributed by atoms with van der Waals surface area (Å²) < 4.78 is 5.20. The van der Waals surface area contributed by atoms with E-state index in [0.29, 0.717) is 19.3 Å². The number of esters is 1. The highest BCUT2D eigenvalue weighted by Gasteiger charge is 2.68. The van der Waals surface area contributed by atoms with Crippen LogP contribution < -0.4 is 16.4 Å². The molecule has 0 heterocycles. The van der Waals surface area contributed by atoms with E-state index >= 15 is 0 Å². The van der Waals surface area contributed by atoms with Gasteiger partial charge in [0.1, 0.15) is 17.7 Å². The first-order valence-corrected chi connectivity index (χ1v) is 17.3. The molecule has 0 aromatic heterocycles. The summed E-state index contributed by atoms with van der Waals surface area (Å²) in [4.78, 5) is 86.2. The zero-order valence-corrected chi connectivity index (χ0v) is 28.8. The summed E-state index contributed by atoms with van der Waals surface area (Å²) in [7, 11) is 0. The first-order valence-electron chi connectivity index (χ1n) is 17.3. The number of aliphatic hydroxyl groups is 2. The number of fused-ring (bicyclic) bond motifs is 5. The third-order valence-electron chi connectivity index (χ3n) is 12.0. The zero-order chi connectivity index (χ0) is 36.5. The first kappa shape index (κ1) is 38.2. The number of nitrogens with one attached hydrogen (secondary N) is 2. The van der Waals surface area contributed by atoms with Gasteiger partial charge >= 0.3 is 11.9 Å². The smallest absolute Gasteiger partial charge is 0.326 e. The van der Waals surface area contributed by atoms with Crippen molar-refractivity contribution in [3.8, 4) is 0 Å². The molecule has 4 aliphatic rings. The number of rotatable bonds is 14. The maximum Gasteiger partial charge on any atom is 0.326 e. The molecule has 0 saturated heterocycles. The molecule has 0 bridgehead atoms. The minimum Gasteiger partial charge on any atom is -0.480 e. The van der Waals surface area contributed by atoms with Gasteiger partial charge in [-0.05, 0) is 80.1 Å². The molecular formula is C35H51N3O11. The monoisotopic (exact) mass is 689 g/mol.